The van der Waals surface area contributed by atoms with Crippen LogP contribution in [0.3, 0.4) is 0 Å². The molecule has 0 saturated heterocycles. The minimum absolute atomic E-state index is 0.299. The molecule has 0 atom stereocenters. The first kappa shape index (κ1) is 22.3. The van der Waals surface area contributed by atoms with E-state index in [9.17, 15) is 13.2 Å². The van der Waals surface area contributed by atoms with Gasteiger partial charge in [0.05, 0.1) is 17.3 Å². The van der Waals surface area contributed by atoms with Crippen LogP contribution >= 0.6 is 0 Å². The van der Waals surface area contributed by atoms with E-state index in [1.165, 1.54) is 0 Å². The molecule has 7 heteroatoms. The van der Waals surface area contributed by atoms with Gasteiger partial charge in [0.25, 0.3) is 5.91 Å². The van der Waals surface area contributed by atoms with Gasteiger partial charge in [0, 0.05) is 24.9 Å². The molecule has 1 aromatic heterocycles. The van der Waals surface area contributed by atoms with Crippen molar-refractivity contribution in [2.75, 3.05) is 6.26 Å². The number of aromatic nitrogens is 2. The van der Waals surface area contributed by atoms with Gasteiger partial charge in [0.2, 0.25) is 10.0 Å². The summed E-state index contributed by atoms with van der Waals surface area (Å²) in [5, 5.41) is 0. The number of nitrogens with one attached hydrogen (secondary N) is 1. The number of sulfonamides is 1. The van der Waals surface area contributed by atoms with Gasteiger partial charge in [-0.3, -0.25) is 4.79 Å². The van der Waals surface area contributed by atoms with Crippen molar-refractivity contribution in [3.8, 4) is 23.5 Å². The van der Waals surface area contributed by atoms with E-state index >= 15 is 0 Å². The lowest BCUT2D eigenvalue weighted by Gasteiger charge is -2.12. The Labute approximate surface area is 193 Å². The summed E-state index contributed by atoms with van der Waals surface area (Å²) in [7, 11) is -3.66. The molecule has 6 nitrogen and oxygen atoms in total. The Hall–Kier alpha value is -3.89. The van der Waals surface area contributed by atoms with E-state index in [0.29, 0.717) is 30.5 Å². The van der Waals surface area contributed by atoms with Crippen LogP contribution in [0.5, 0.6) is 0 Å². The summed E-state index contributed by atoms with van der Waals surface area (Å²) < 4.78 is 27.2. The molecule has 4 aromatic rings. The van der Waals surface area contributed by atoms with Crippen LogP contribution < -0.4 is 4.72 Å². The fourth-order valence-corrected chi connectivity index (χ4v) is 4.25. The lowest BCUT2D eigenvalue weighted by Crippen LogP contribution is -2.29. The third kappa shape index (κ3) is 5.13. The number of fused-ring (bicyclic) bond motifs is 1. The molecule has 3 aromatic carbocycles. The molecule has 0 radical (unpaired) electrons. The van der Waals surface area contributed by atoms with E-state index < -0.39 is 15.9 Å². The van der Waals surface area contributed by atoms with Crippen molar-refractivity contribution in [2.24, 2.45) is 0 Å². The van der Waals surface area contributed by atoms with E-state index in [-0.39, 0.29) is 0 Å². The number of terminal acetylenes is 1. The summed E-state index contributed by atoms with van der Waals surface area (Å²) in [4.78, 5) is 17.2. The van der Waals surface area contributed by atoms with Gasteiger partial charge in [-0.25, -0.2) is 18.1 Å². The molecule has 1 amide bonds. The van der Waals surface area contributed by atoms with E-state index in [1.807, 2.05) is 59.3 Å². The third-order valence-electron chi connectivity index (χ3n) is 5.28. The molecule has 0 bridgehead atoms. The van der Waals surface area contributed by atoms with Crippen LogP contribution in [0.4, 0.5) is 0 Å². The van der Waals surface area contributed by atoms with Crippen LogP contribution in [0.1, 0.15) is 28.2 Å². The number of hydrogen-bond acceptors (Lipinski definition) is 4. The Kier molecular flexibility index (Phi) is 6.29. The maximum absolute atomic E-state index is 12.5. The molecule has 166 valence electrons. The number of amides is 1. The lowest BCUT2D eigenvalue weighted by molar-refractivity contribution is 0.0982. The van der Waals surface area contributed by atoms with Crippen molar-refractivity contribution in [1.82, 2.24) is 14.3 Å². The monoisotopic (exact) mass is 457 g/mol. The van der Waals surface area contributed by atoms with Gasteiger partial charge in [-0.15, -0.1) is 12.3 Å². The number of aryl methyl sites for hydroxylation is 1. The second-order valence-corrected chi connectivity index (χ2v) is 9.50. The Morgan fingerprint density at radius 2 is 1.73 bits per heavy atom. The normalized spacial score (nSPS) is 11.3. The van der Waals surface area contributed by atoms with Gasteiger partial charge in [0.1, 0.15) is 5.82 Å². The van der Waals surface area contributed by atoms with Crippen LogP contribution in [0.2, 0.25) is 0 Å². The number of para-hydroxylation sites is 2. The highest BCUT2D eigenvalue weighted by Gasteiger charge is 2.16. The number of imidazole rings is 1. The minimum Gasteiger partial charge on any atom is -0.323 e. The number of carbonyl (C=O) groups excluding carboxylic acids is 1. The summed E-state index contributed by atoms with van der Waals surface area (Å²) in [6.07, 6.45) is 7.74. The van der Waals surface area contributed by atoms with Crippen LogP contribution in [0.15, 0.2) is 72.8 Å². The minimum atomic E-state index is -3.66. The van der Waals surface area contributed by atoms with E-state index in [0.717, 1.165) is 34.2 Å². The average molecular weight is 458 g/mol. The lowest BCUT2D eigenvalue weighted by atomic mass is 9.98. The van der Waals surface area contributed by atoms with Crippen molar-refractivity contribution >= 4 is 27.0 Å². The topological polar surface area (TPSA) is 81.1 Å². The van der Waals surface area contributed by atoms with E-state index in [1.54, 1.807) is 18.2 Å². The summed E-state index contributed by atoms with van der Waals surface area (Å²) >= 11 is 0. The predicted octanol–water partition coefficient (Wildman–Crippen LogP) is 4.01. The zero-order valence-corrected chi connectivity index (χ0v) is 19.0. The molecule has 0 aliphatic heterocycles. The number of nitrogens with zero attached hydrogens (tertiary/aromatic N) is 2. The summed E-state index contributed by atoms with van der Waals surface area (Å²) in [5.74, 6) is 2.97. The average Bonchev–Trinajstić information content (AvgIpc) is 3.14. The maximum atomic E-state index is 12.5. The largest absolute Gasteiger partial charge is 0.323 e. The number of hydrogen-bond donors (Lipinski definition) is 1. The van der Waals surface area contributed by atoms with Crippen molar-refractivity contribution in [2.45, 2.75) is 19.4 Å². The van der Waals surface area contributed by atoms with Gasteiger partial charge in [-0.2, -0.15) is 0 Å². The highest BCUT2D eigenvalue weighted by atomic mass is 32.2. The summed E-state index contributed by atoms with van der Waals surface area (Å²) in [5.41, 5.74) is 4.84. The molecule has 0 aliphatic rings. The maximum Gasteiger partial charge on any atom is 0.265 e. The van der Waals surface area contributed by atoms with Crippen LogP contribution in [-0.4, -0.2) is 30.1 Å². The molecule has 0 aliphatic carbocycles. The fourth-order valence-electron chi connectivity index (χ4n) is 3.81. The zero-order chi connectivity index (χ0) is 23.4. The molecule has 4 rings (SSSR count). The van der Waals surface area contributed by atoms with Gasteiger partial charge in [-0.05, 0) is 34.9 Å². The van der Waals surface area contributed by atoms with Crippen LogP contribution in [0.25, 0.3) is 22.2 Å². The Morgan fingerprint density at radius 1 is 1.03 bits per heavy atom. The molecule has 1 N–H and O–H groups in total. The Balaban J connectivity index is 1.64. The number of rotatable bonds is 7. The quantitative estimate of drug-likeness (QED) is 0.425. The first-order valence-corrected chi connectivity index (χ1v) is 12.3. The number of carbonyl (C=O) groups is 1. The molecule has 0 saturated carbocycles. The highest BCUT2D eigenvalue weighted by molar-refractivity contribution is 7.89. The van der Waals surface area contributed by atoms with Gasteiger partial charge in [0.15, 0.2) is 0 Å². The molecular formula is C26H23N3O3S. The molecule has 0 fully saturated rings. The molecule has 0 spiro atoms. The second-order valence-electron chi connectivity index (χ2n) is 7.75. The summed E-state index contributed by atoms with van der Waals surface area (Å²) in [6.45, 7) is 0.636. The highest BCUT2D eigenvalue weighted by Crippen LogP contribution is 2.25. The van der Waals surface area contributed by atoms with Crippen LogP contribution in [0, 0.1) is 12.3 Å². The van der Waals surface area contributed by atoms with E-state index in [4.69, 9.17) is 11.4 Å². The van der Waals surface area contributed by atoms with Gasteiger partial charge < -0.3 is 4.57 Å². The van der Waals surface area contributed by atoms with Crippen molar-refractivity contribution in [3.63, 3.8) is 0 Å². The zero-order valence-electron chi connectivity index (χ0n) is 18.2. The Morgan fingerprint density at radius 3 is 2.45 bits per heavy atom. The Bertz CT molecular complexity index is 1460. The first-order valence-electron chi connectivity index (χ1n) is 10.4. The molecule has 0 unspecified atom stereocenters. The second kappa shape index (κ2) is 9.31. The van der Waals surface area contributed by atoms with Gasteiger partial charge in [-0.1, -0.05) is 54.6 Å². The summed E-state index contributed by atoms with van der Waals surface area (Å²) in [6, 6.07) is 22.8. The smallest absolute Gasteiger partial charge is 0.265 e. The van der Waals surface area contributed by atoms with Gasteiger partial charge >= 0.3 is 0 Å². The SMILES string of the molecule is C#CCCc1nc2ccccc2n1Cc1ccc(-c2ccccc2C(=O)NS(C)(=O)=O)cc1. The number of benzene rings is 3. The van der Waals surface area contributed by atoms with E-state index in [2.05, 4.69) is 10.5 Å². The fraction of sp³-hybridized carbons (Fsp3) is 0.154. The van der Waals surface area contributed by atoms with Crippen molar-refractivity contribution in [1.29, 1.82) is 0 Å². The molecule has 1 heterocycles. The molecule has 33 heavy (non-hydrogen) atoms. The van der Waals surface area contributed by atoms with Crippen LogP contribution in [-0.2, 0) is 23.0 Å². The van der Waals surface area contributed by atoms with Crippen molar-refractivity contribution in [3.05, 3.63) is 89.7 Å². The third-order valence-corrected chi connectivity index (χ3v) is 5.84. The standard InChI is InChI=1S/C26H23N3O3S/c1-3-4-13-25-27-23-11-7-8-12-24(23)29(25)18-19-14-16-20(17-15-19)21-9-5-6-10-22(21)26(30)28-33(2,31)32/h1,5-12,14-17H,4,13,18H2,2H3,(H,28,30). The van der Waals surface area contributed by atoms with Crippen molar-refractivity contribution < 1.29 is 13.2 Å². The molecular weight excluding hydrogens is 434 g/mol. The first-order chi connectivity index (χ1) is 15.9. The predicted molar refractivity (Wildman–Crippen MR) is 130 cm³/mol.